The van der Waals surface area contributed by atoms with E-state index >= 15 is 0 Å². The highest BCUT2D eigenvalue weighted by Crippen LogP contribution is 2.16. The Morgan fingerprint density at radius 3 is 2.61 bits per heavy atom. The molecule has 0 aliphatic carbocycles. The molecule has 1 amide bonds. The van der Waals surface area contributed by atoms with E-state index in [0.717, 1.165) is 19.4 Å². The number of rotatable bonds is 13. The van der Waals surface area contributed by atoms with Gasteiger partial charge in [0.2, 0.25) is 5.91 Å². The minimum absolute atomic E-state index is 0.216. The van der Waals surface area contributed by atoms with Crippen molar-refractivity contribution in [1.29, 1.82) is 0 Å². The Hall–Kier alpha value is -1.02. The number of hydrogen-bond acceptors (Lipinski definition) is 6. The van der Waals surface area contributed by atoms with Crippen molar-refractivity contribution in [2.24, 2.45) is 10.9 Å². The molecule has 0 aromatic rings. The fourth-order valence-corrected chi connectivity index (χ4v) is 2.23. The molecule has 23 heavy (non-hydrogen) atoms. The van der Waals surface area contributed by atoms with Crippen molar-refractivity contribution in [3.05, 3.63) is 6.61 Å². The molecule has 0 saturated carbocycles. The molecule has 4 atom stereocenters. The average molecular weight is 331 g/mol. The number of carbonyl (C=O) groups excluding carboxylic acids is 1. The third kappa shape index (κ3) is 9.65. The minimum Gasteiger partial charge on any atom is -0.394 e. The fourth-order valence-electron chi connectivity index (χ4n) is 2.23. The largest absolute Gasteiger partial charge is 0.394 e. The molecular formula is C16H31N2O5. The second kappa shape index (κ2) is 13.4. The first kappa shape index (κ1) is 22.0. The SMILES string of the molecule is CCO[C@H](C(C=NCCCC[CH]O)NC(C)=O)[C@@H](C)C(O)CO. The quantitative estimate of drug-likeness (QED) is 0.293. The summed E-state index contributed by atoms with van der Waals surface area (Å²) in [5, 5.41) is 30.4. The molecule has 2 unspecified atom stereocenters. The van der Waals surface area contributed by atoms with Gasteiger partial charge >= 0.3 is 0 Å². The molecule has 0 bridgehead atoms. The van der Waals surface area contributed by atoms with E-state index in [1.165, 1.54) is 6.92 Å². The third-order valence-electron chi connectivity index (χ3n) is 3.53. The number of hydrogen-bond donors (Lipinski definition) is 4. The third-order valence-corrected chi connectivity index (χ3v) is 3.53. The standard InChI is InChI=1S/C16H31N2O5/c1-4-23-16(12(2)15(22)11-20)14(18-13(3)21)10-17-8-6-5-7-9-19/h9-10,12,14-16,19-20,22H,4-8,11H2,1-3H3,(H,18,21)/t12-,14?,15?,16-/m0/s1. The maximum atomic E-state index is 11.4. The zero-order valence-electron chi connectivity index (χ0n) is 14.3. The lowest BCUT2D eigenvalue weighted by Crippen LogP contribution is -2.50. The lowest BCUT2D eigenvalue weighted by Gasteiger charge is -2.32. The van der Waals surface area contributed by atoms with Crippen molar-refractivity contribution >= 4 is 12.1 Å². The van der Waals surface area contributed by atoms with Crippen LogP contribution in [0.4, 0.5) is 0 Å². The Morgan fingerprint density at radius 1 is 1.39 bits per heavy atom. The van der Waals surface area contributed by atoms with Crippen LogP contribution < -0.4 is 5.32 Å². The van der Waals surface area contributed by atoms with Crippen LogP contribution in [0.15, 0.2) is 4.99 Å². The van der Waals surface area contributed by atoms with Crippen LogP contribution in [-0.2, 0) is 9.53 Å². The van der Waals surface area contributed by atoms with E-state index in [1.807, 2.05) is 6.92 Å². The predicted molar refractivity (Wildman–Crippen MR) is 88.7 cm³/mol. The van der Waals surface area contributed by atoms with Crippen LogP contribution in [0.3, 0.4) is 0 Å². The van der Waals surface area contributed by atoms with Crippen LogP contribution in [0.25, 0.3) is 0 Å². The summed E-state index contributed by atoms with van der Waals surface area (Å²) in [7, 11) is 0. The number of unbranched alkanes of at least 4 members (excludes halogenated alkanes) is 2. The number of aliphatic hydroxyl groups is 3. The summed E-state index contributed by atoms with van der Waals surface area (Å²) in [6.07, 6.45) is 2.51. The van der Waals surface area contributed by atoms with Gasteiger partial charge in [0.1, 0.15) is 0 Å². The molecule has 0 aromatic heterocycles. The Kier molecular flexibility index (Phi) is 12.8. The van der Waals surface area contributed by atoms with Crippen molar-refractivity contribution in [1.82, 2.24) is 5.32 Å². The van der Waals surface area contributed by atoms with Crippen LogP contribution in [0.1, 0.15) is 40.0 Å². The van der Waals surface area contributed by atoms with Gasteiger partial charge in [0, 0.05) is 32.2 Å². The van der Waals surface area contributed by atoms with Crippen molar-refractivity contribution in [3.8, 4) is 0 Å². The van der Waals surface area contributed by atoms with Gasteiger partial charge in [-0.2, -0.15) is 0 Å². The van der Waals surface area contributed by atoms with Crippen molar-refractivity contribution in [2.45, 2.75) is 58.3 Å². The van der Waals surface area contributed by atoms with E-state index < -0.39 is 18.2 Å². The van der Waals surface area contributed by atoms with Crippen LogP contribution in [0.2, 0.25) is 0 Å². The molecular weight excluding hydrogens is 300 g/mol. The van der Waals surface area contributed by atoms with Crippen molar-refractivity contribution in [2.75, 3.05) is 19.8 Å². The molecule has 0 aliphatic rings. The minimum atomic E-state index is -0.934. The summed E-state index contributed by atoms with van der Waals surface area (Å²) in [4.78, 5) is 15.7. The van der Waals surface area contributed by atoms with Gasteiger partial charge in [-0.05, 0) is 26.2 Å². The number of nitrogens with zero attached hydrogens (tertiary/aromatic N) is 1. The van der Waals surface area contributed by atoms with Crippen molar-refractivity contribution in [3.63, 3.8) is 0 Å². The second-order valence-corrected chi connectivity index (χ2v) is 5.49. The highest BCUT2D eigenvalue weighted by molar-refractivity contribution is 5.79. The van der Waals surface area contributed by atoms with E-state index in [4.69, 9.17) is 14.9 Å². The zero-order valence-corrected chi connectivity index (χ0v) is 14.3. The lowest BCUT2D eigenvalue weighted by atomic mass is 9.93. The van der Waals surface area contributed by atoms with Crippen LogP contribution in [-0.4, -0.2) is 65.4 Å². The highest BCUT2D eigenvalue weighted by atomic mass is 16.5. The number of aliphatic hydroxyl groups excluding tert-OH is 3. The Morgan fingerprint density at radius 2 is 2.09 bits per heavy atom. The van der Waals surface area contributed by atoms with Gasteiger partial charge in [0.05, 0.1) is 31.5 Å². The molecule has 0 spiro atoms. The molecule has 0 saturated heterocycles. The van der Waals surface area contributed by atoms with E-state index in [0.29, 0.717) is 19.6 Å². The Labute approximate surface area is 138 Å². The lowest BCUT2D eigenvalue weighted by molar-refractivity contribution is -0.121. The number of aliphatic imine (C=N–C) groups is 1. The van der Waals surface area contributed by atoms with Crippen LogP contribution >= 0.6 is 0 Å². The van der Waals surface area contributed by atoms with E-state index in [-0.39, 0.29) is 18.4 Å². The maximum absolute atomic E-state index is 11.4. The number of ether oxygens (including phenoxy) is 1. The van der Waals surface area contributed by atoms with Gasteiger partial charge < -0.3 is 25.4 Å². The van der Waals surface area contributed by atoms with Crippen LogP contribution in [0.5, 0.6) is 0 Å². The molecule has 1 radical (unpaired) electrons. The molecule has 0 aliphatic heterocycles. The zero-order chi connectivity index (χ0) is 17.7. The summed E-state index contributed by atoms with van der Waals surface area (Å²) in [6.45, 7) is 6.77. The molecule has 7 nitrogen and oxygen atoms in total. The van der Waals surface area contributed by atoms with E-state index in [1.54, 1.807) is 13.1 Å². The fraction of sp³-hybridized carbons (Fsp3) is 0.812. The van der Waals surface area contributed by atoms with Gasteiger partial charge in [-0.25, -0.2) is 0 Å². The normalized spacial score (nSPS) is 17.0. The highest BCUT2D eigenvalue weighted by Gasteiger charge is 2.31. The topological polar surface area (TPSA) is 111 Å². The molecule has 0 aromatic carbocycles. The molecule has 135 valence electrons. The molecule has 7 heteroatoms. The first-order chi connectivity index (χ1) is 11.0. The Balaban J connectivity index is 4.84. The monoisotopic (exact) mass is 331 g/mol. The molecule has 4 N–H and O–H groups in total. The molecule has 0 rings (SSSR count). The summed E-state index contributed by atoms with van der Waals surface area (Å²) >= 11 is 0. The first-order valence-electron chi connectivity index (χ1n) is 8.11. The van der Waals surface area contributed by atoms with Gasteiger partial charge in [0.25, 0.3) is 0 Å². The van der Waals surface area contributed by atoms with Gasteiger partial charge in [-0.1, -0.05) is 6.92 Å². The van der Waals surface area contributed by atoms with Crippen molar-refractivity contribution < 1.29 is 24.9 Å². The maximum Gasteiger partial charge on any atom is 0.217 e. The summed E-state index contributed by atoms with van der Waals surface area (Å²) in [6, 6.07) is -0.479. The molecule has 0 heterocycles. The summed E-state index contributed by atoms with van der Waals surface area (Å²) in [5.74, 6) is -0.584. The van der Waals surface area contributed by atoms with Gasteiger partial charge in [-0.15, -0.1) is 0 Å². The number of carbonyl (C=O) groups is 1. The Bertz CT molecular complexity index is 338. The first-order valence-corrected chi connectivity index (χ1v) is 8.11. The predicted octanol–water partition coefficient (Wildman–Crippen LogP) is 0.661. The summed E-state index contributed by atoms with van der Waals surface area (Å²) < 4.78 is 5.67. The number of amides is 1. The van der Waals surface area contributed by atoms with Gasteiger partial charge in [0.15, 0.2) is 0 Å². The van der Waals surface area contributed by atoms with Crippen LogP contribution in [0, 0.1) is 12.5 Å². The number of nitrogens with one attached hydrogen (secondary N) is 1. The second-order valence-electron chi connectivity index (χ2n) is 5.49. The smallest absolute Gasteiger partial charge is 0.217 e. The molecule has 0 fully saturated rings. The van der Waals surface area contributed by atoms with E-state index in [9.17, 15) is 9.90 Å². The summed E-state index contributed by atoms with van der Waals surface area (Å²) in [5.41, 5.74) is 0. The van der Waals surface area contributed by atoms with Gasteiger partial charge in [-0.3, -0.25) is 9.79 Å². The van der Waals surface area contributed by atoms with E-state index in [2.05, 4.69) is 10.3 Å². The average Bonchev–Trinajstić information content (AvgIpc) is 2.53.